The van der Waals surface area contributed by atoms with E-state index in [0.29, 0.717) is 0 Å². The number of guanidine groups is 1. The van der Waals surface area contributed by atoms with E-state index in [1.165, 1.54) is 0 Å². The maximum atomic E-state index is 5.50. The van der Waals surface area contributed by atoms with Gasteiger partial charge >= 0.3 is 0 Å². The van der Waals surface area contributed by atoms with Gasteiger partial charge in [0.1, 0.15) is 0 Å². The van der Waals surface area contributed by atoms with Crippen LogP contribution in [0.3, 0.4) is 0 Å². The lowest BCUT2D eigenvalue weighted by atomic mass is 9.99. The molecule has 5 heteroatoms. The van der Waals surface area contributed by atoms with E-state index in [9.17, 15) is 0 Å². The highest BCUT2D eigenvalue weighted by Crippen LogP contribution is 2.35. The molecule has 19 heavy (non-hydrogen) atoms. The number of aliphatic imine (C=N–C) groups is 1. The number of rotatable bonds is 7. The van der Waals surface area contributed by atoms with Crippen molar-refractivity contribution >= 4 is 17.7 Å². The molecular formula is C14H29N3OS. The van der Waals surface area contributed by atoms with Crippen LogP contribution in [-0.2, 0) is 4.74 Å². The molecule has 0 spiro atoms. The Morgan fingerprint density at radius 2 is 1.95 bits per heavy atom. The molecule has 0 amide bonds. The fraction of sp³-hybridized carbons (Fsp3) is 0.929. The standard InChI is InChI=1S/C14H29N3OS/c1-4-9-16-13(15-5-2)17-12-14(19-6-3)7-10-18-11-8-14/h4-12H2,1-3H3,(H2,15,16,17). The van der Waals surface area contributed by atoms with Crippen LogP contribution in [0.5, 0.6) is 0 Å². The van der Waals surface area contributed by atoms with Crippen LogP contribution in [-0.4, -0.2) is 49.3 Å². The Hall–Kier alpha value is -0.420. The van der Waals surface area contributed by atoms with Gasteiger partial charge in [0.15, 0.2) is 5.96 Å². The first-order chi connectivity index (χ1) is 9.26. The SMILES string of the molecule is CCCNC(=NCC1(SCC)CCOCC1)NCC. The van der Waals surface area contributed by atoms with E-state index in [-0.39, 0.29) is 4.75 Å². The van der Waals surface area contributed by atoms with Gasteiger partial charge in [0.25, 0.3) is 0 Å². The fourth-order valence-corrected chi connectivity index (χ4v) is 3.43. The summed E-state index contributed by atoms with van der Waals surface area (Å²) in [7, 11) is 0. The molecule has 0 unspecified atom stereocenters. The lowest BCUT2D eigenvalue weighted by Crippen LogP contribution is -2.41. The number of nitrogens with one attached hydrogen (secondary N) is 2. The number of thioether (sulfide) groups is 1. The van der Waals surface area contributed by atoms with Gasteiger partial charge in [0.2, 0.25) is 0 Å². The highest BCUT2D eigenvalue weighted by atomic mass is 32.2. The Balaban J connectivity index is 2.59. The summed E-state index contributed by atoms with van der Waals surface area (Å²) in [6.07, 6.45) is 3.34. The summed E-state index contributed by atoms with van der Waals surface area (Å²) in [5, 5.41) is 6.68. The lowest BCUT2D eigenvalue weighted by Gasteiger charge is -2.35. The topological polar surface area (TPSA) is 45.7 Å². The van der Waals surface area contributed by atoms with Gasteiger partial charge in [0, 0.05) is 31.1 Å². The molecule has 0 aromatic rings. The minimum Gasteiger partial charge on any atom is -0.381 e. The van der Waals surface area contributed by atoms with Crippen LogP contribution in [0, 0.1) is 0 Å². The molecule has 0 aromatic heterocycles. The van der Waals surface area contributed by atoms with Crippen molar-refractivity contribution < 1.29 is 4.74 Å². The summed E-state index contributed by atoms with van der Waals surface area (Å²) >= 11 is 2.04. The minimum atomic E-state index is 0.279. The summed E-state index contributed by atoms with van der Waals surface area (Å²) in [5.74, 6) is 2.10. The van der Waals surface area contributed by atoms with Gasteiger partial charge in [-0.25, -0.2) is 0 Å². The molecule has 1 aliphatic heterocycles. The first-order valence-electron chi connectivity index (χ1n) is 7.50. The van der Waals surface area contributed by atoms with Crippen molar-refractivity contribution in [3.05, 3.63) is 0 Å². The average Bonchev–Trinajstić information content (AvgIpc) is 2.43. The third-order valence-corrected chi connectivity index (χ3v) is 4.70. The van der Waals surface area contributed by atoms with Crippen molar-refractivity contribution in [2.24, 2.45) is 4.99 Å². The molecule has 1 rings (SSSR count). The monoisotopic (exact) mass is 287 g/mol. The van der Waals surface area contributed by atoms with Gasteiger partial charge in [-0.3, -0.25) is 4.99 Å². The number of hydrogen-bond acceptors (Lipinski definition) is 3. The van der Waals surface area contributed by atoms with Gasteiger partial charge in [-0.05, 0) is 31.9 Å². The summed E-state index contributed by atoms with van der Waals surface area (Å²) in [4.78, 5) is 4.78. The highest BCUT2D eigenvalue weighted by molar-refractivity contribution is 8.00. The predicted molar refractivity (Wildman–Crippen MR) is 85.2 cm³/mol. The van der Waals surface area contributed by atoms with Crippen LogP contribution in [0.1, 0.15) is 40.0 Å². The molecule has 0 bridgehead atoms. The second-order valence-corrected chi connectivity index (χ2v) is 6.58. The molecule has 0 radical (unpaired) electrons. The van der Waals surface area contributed by atoms with E-state index in [4.69, 9.17) is 9.73 Å². The van der Waals surface area contributed by atoms with E-state index in [1.54, 1.807) is 0 Å². The number of ether oxygens (including phenoxy) is 1. The Bertz CT molecular complexity index is 260. The molecule has 1 aliphatic rings. The zero-order chi connectivity index (χ0) is 14.0. The van der Waals surface area contributed by atoms with E-state index in [1.807, 2.05) is 11.8 Å². The second-order valence-electron chi connectivity index (χ2n) is 4.85. The molecule has 2 N–H and O–H groups in total. The summed E-state index contributed by atoms with van der Waals surface area (Å²) in [5.41, 5.74) is 0. The van der Waals surface area contributed by atoms with Crippen LogP contribution in [0.2, 0.25) is 0 Å². The van der Waals surface area contributed by atoms with Crippen molar-refractivity contribution in [1.82, 2.24) is 10.6 Å². The normalized spacial score (nSPS) is 19.2. The number of nitrogens with zero attached hydrogens (tertiary/aromatic N) is 1. The summed E-state index contributed by atoms with van der Waals surface area (Å²) in [6, 6.07) is 0. The van der Waals surface area contributed by atoms with E-state index in [0.717, 1.165) is 63.8 Å². The minimum absolute atomic E-state index is 0.279. The van der Waals surface area contributed by atoms with Crippen LogP contribution in [0.4, 0.5) is 0 Å². The van der Waals surface area contributed by atoms with Crippen molar-refractivity contribution in [3.63, 3.8) is 0 Å². The Labute approximate surface area is 122 Å². The zero-order valence-corrected chi connectivity index (χ0v) is 13.4. The predicted octanol–water partition coefficient (Wildman–Crippen LogP) is 2.25. The molecule has 0 aromatic carbocycles. The Kier molecular flexibility index (Phi) is 8.30. The van der Waals surface area contributed by atoms with Crippen LogP contribution in [0.25, 0.3) is 0 Å². The highest BCUT2D eigenvalue weighted by Gasteiger charge is 2.32. The summed E-state index contributed by atoms with van der Waals surface area (Å²) in [6.45, 7) is 11.0. The van der Waals surface area contributed by atoms with Crippen LogP contribution in [0.15, 0.2) is 4.99 Å². The van der Waals surface area contributed by atoms with E-state index in [2.05, 4.69) is 31.4 Å². The molecule has 1 saturated heterocycles. The molecule has 0 saturated carbocycles. The quantitative estimate of drug-likeness (QED) is 0.557. The van der Waals surface area contributed by atoms with Gasteiger partial charge in [-0.15, -0.1) is 0 Å². The molecule has 112 valence electrons. The second kappa shape index (κ2) is 9.48. The lowest BCUT2D eigenvalue weighted by molar-refractivity contribution is 0.0793. The van der Waals surface area contributed by atoms with E-state index < -0.39 is 0 Å². The first kappa shape index (κ1) is 16.6. The van der Waals surface area contributed by atoms with E-state index >= 15 is 0 Å². The van der Waals surface area contributed by atoms with Crippen molar-refractivity contribution in [2.75, 3.05) is 38.6 Å². The fourth-order valence-electron chi connectivity index (χ4n) is 2.21. The van der Waals surface area contributed by atoms with Gasteiger partial charge in [0.05, 0.1) is 6.54 Å². The number of hydrogen-bond donors (Lipinski definition) is 2. The molecule has 4 nitrogen and oxygen atoms in total. The van der Waals surface area contributed by atoms with Gasteiger partial charge in [-0.1, -0.05) is 13.8 Å². The summed E-state index contributed by atoms with van der Waals surface area (Å²) < 4.78 is 5.78. The largest absolute Gasteiger partial charge is 0.381 e. The zero-order valence-electron chi connectivity index (χ0n) is 12.6. The smallest absolute Gasteiger partial charge is 0.191 e. The van der Waals surface area contributed by atoms with Gasteiger partial charge < -0.3 is 15.4 Å². The molecule has 1 heterocycles. The molecule has 0 atom stereocenters. The van der Waals surface area contributed by atoms with Crippen LogP contribution < -0.4 is 10.6 Å². The Morgan fingerprint density at radius 1 is 1.21 bits per heavy atom. The van der Waals surface area contributed by atoms with Crippen molar-refractivity contribution in [1.29, 1.82) is 0 Å². The van der Waals surface area contributed by atoms with Crippen molar-refractivity contribution in [2.45, 2.75) is 44.8 Å². The maximum absolute atomic E-state index is 5.50. The van der Waals surface area contributed by atoms with Crippen LogP contribution >= 0.6 is 11.8 Å². The van der Waals surface area contributed by atoms with Gasteiger partial charge in [-0.2, -0.15) is 11.8 Å². The molecule has 0 aliphatic carbocycles. The Morgan fingerprint density at radius 3 is 2.53 bits per heavy atom. The average molecular weight is 287 g/mol. The first-order valence-corrected chi connectivity index (χ1v) is 8.48. The molecular weight excluding hydrogens is 258 g/mol. The van der Waals surface area contributed by atoms with Crippen molar-refractivity contribution in [3.8, 4) is 0 Å². The third kappa shape index (κ3) is 6.04. The third-order valence-electron chi connectivity index (χ3n) is 3.27. The maximum Gasteiger partial charge on any atom is 0.191 e. The molecule has 1 fully saturated rings.